The molecule has 1 aliphatic rings. The Hall–Kier alpha value is -3.95. The van der Waals surface area contributed by atoms with E-state index in [-0.39, 0.29) is 11.8 Å². The number of aromatic nitrogens is 2. The number of benzene rings is 2. The van der Waals surface area contributed by atoms with Crippen molar-refractivity contribution in [3.05, 3.63) is 41.8 Å². The zero-order valence-corrected chi connectivity index (χ0v) is 20.5. The monoisotopic (exact) mass is 483 g/mol. The fourth-order valence-corrected chi connectivity index (χ4v) is 4.24. The molecule has 0 spiro atoms. The fourth-order valence-electron chi connectivity index (χ4n) is 4.24. The van der Waals surface area contributed by atoms with Crippen LogP contribution in [0.15, 0.2) is 34.9 Å². The molecule has 0 bridgehead atoms. The lowest BCUT2D eigenvalue weighted by Crippen LogP contribution is -2.39. The van der Waals surface area contributed by atoms with Crippen molar-refractivity contribution < 1.29 is 33.0 Å². The van der Waals surface area contributed by atoms with Crippen molar-refractivity contribution >= 4 is 5.91 Å². The molecular weight excluding hydrogens is 454 g/mol. The molecule has 0 N–H and O–H groups in total. The van der Waals surface area contributed by atoms with Gasteiger partial charge in [0.2, 0.25) is 17.5 Å². The highest BCUT2D eigenvalue weighted by Gasteiger charge is 2.30. The van der Waals surface area contributed by atoms with Gasteiger partial charge in [-0.2, -0.15) is 4.98 Å². The van der Waals surface area contributed by atoms with Crippen molar-refractivity contribution in [1.29, 1.82) is 0 Å². The van der Waals surface area contributed by atoms with E-state index in [1.807, 2.05) is 0 Å². The van der Waals surface area contributed by atoms with Crippen molar-refractivity contribution in [2.24, 2.45) is 0 Å². The largest absolute Gasteiger partial charge is 0.493 e. The molecule has 2 aromatic carbocycles. The molecule has 0 aliphatic carbocycles. The van der Waals surface area contributed by atoms with Gasteiger partial charge >= 0.3 is 0 Å². The first kappa shape index (κ1) is 24.2. The van der Waals surface area contributed by atoms with Crippen LogP contribution in [0.5, 0.6) is 28.7 Å². The number of ether oxygens (including phenoxy) is 5. The van der Waals surface area contributed by atoms with E-state index >= 15 is 0 Å². The van der Waals surface area contributed by atoms with Crippen molar-refractivity contribution in [1.82, 2.24) is 15.0 Å². The van der Waals surface area contributed by atoms with Gasteiger partial charge in [-0.1, -0.05) is 5.16 Å². The van der Waals surface area contributed by atoms with Gasteiger partial charge in [-0.15, -0.1) is 0 Å². The summed E-state index contributed by atoms with van der Waals surface area (Å²) in [7, 11) is 7.75. The fraction of sp³-hybridized carbons (Fsp3) is 0.400. The zero-order valence-electron chi connectivity index (χ0n) is 20.5. The molecule has 35 heavy (non-hydrogen) atoms. The number of hydrogen-bond acceptors (Lipinski definition) is 9. The van der Waals surface area contributed by atoms with Gasteiger partial charge in [0.1, 0.15) is 0 Å². The molecule has 10 nitrogen and oxygen atoms in total. The van der Waals surface area contributed by atoms with Gasteiger partial charge in [0.05, 0.1) is 41.5 Å². The van der Waals surface area contributed by atoms with E-state index in [4.69, 9.17) is 28.2 Å². The van der Waals surface area contributed by atoms with Crippen molar-refractivity contribution in [2.75, 3.05) is 48.6 Å². The molecule has 3 aromatic rings. The average Bonchev–Trinajstić information content (AvgIpc) is 3.42. The van der Waals surface area contributed by atoms with Gasteiger partial charge in [-0.25, -0.2) is 0 Å². The van der Waals surface area contributed by atoms with Crippen LogP contribution in [-0.4, -0.2) is 69.6 Å². The smallest absolute Gasteiger partial charge is 0.254 e. The van der Waals surface area contributed by atoms with Crippen LogP contribution in [0.1, 0.15) is 35.0 Å². The van der Waals surface area contributed by atoms with Crippen molar-refractivity contribution in [3.63, 3.8) is 0 Å². The summed E-state index contributed by atoms with van der Waals surface area (Å²) >= 11 is 0. The van der Waals surface area contributed by atoms with Crippen LogP contribution >= 0.6 is 0 Å². The van der Waals surface area contributed by atoms with Gasteiger partial charge in [0, 0.05) is 24.2 Å². The van der Waals surface area contributed by atoms with Crippen LogP contribution < -0.4 is 23.7 Å². The molecule has 2 heterocycles. The first-order chi connectivity index (χ1) is 17.0. The van der Waals surface area contributed by atoms with Crippen LogP contribution in [0.2, 0.25) is 0 Å². The van der Waals surface area contributed by atoms with Crippen molar-refractivity contribution in [3.8, 4) is 40.1 Å². The molecule has 10 heteroatoms. The Morgan fingerprint density at radius 2 is 1.60 bits per heavy atom. The number of carbonyl (C=O) groups is 1. The summed E-state index contributed by atoms with van der Waals surface area (Å²) in [6.07, 6.45) is 1.66. The third kappa shape index (κ3) is 4.82. The summed E-state index contributed by atoms with van der Waals surface area (Å²) in [5.41, 5.74) is 1.20. The first-order valence-corrected chi connectivity index (χ1v) is 11.2. The van der Waals surface area contributed by atoms with Crippen molar-refractivity contribution in [2.45, 2.75) is 18.8 Å². The molecule has 1 fully saturated rings. The molecule has 1 saturated heterocycles. The number of rotatable bonds is 8. The molecule has 1 aromatic heterocycles. The predicted octanol–water partition coefficient (Wildman–Crippen LogP) is 3.80. The Kier molecular flexibility index (Phi) is 7.28. The lowest BCUT2D eigenvalue weighted by molar-refractivity contribution is 0.0695. The second-order valence-corrected chi connectivity index (χ2v) is 8.03. The van der Waals surface area contributed by atoms with Crippen LogP contribution in [0, 0.1) is 0 Å². The maximum Gasteiger partial charge on any atom is 0.254 e. The van der Waals surface area contributed by atoms with Gasteiger partial charge in [0.25, 0.3) is 5.91 Å². The minimum Gasteiger partial charge on any atom is -0.493 e. The average molecular weight is 484 g/mol. The number of nitrogens with zero attached hydrogens (tertiary/aromatic N) is 3. The highest BCUT2D eigenvalue weighted by Crippen LogP contribution is 2.41. The quantitative estimate of drug-likeness (QED) is 0.473. The topological polar surface area (TPSA) is 105 Å². The van der Waals surface area contributed by atoms with E-state index in [9.17, 15) is 4.79 Å². The van der Waals surface area contributed by atoms with Crippen LogP contribution in [0.3, 0.4) is 0 Å². The number of methoxy groups -OCH3 is 5. The van der Waals surface area contributed by atoms with Gasteiger partial charge in [-0.3, -0.25) is 4.79 Å². The van der Waals surface area contributed by atoms with E-state index in [1.54, 1.807) is 70.8 Å². The van der Waals surface area contributed by atoms with E-state index in [2.05, 4.69) is 10.1 Å². The van der Waals surface area contributed by atoms with E-state index < -0.39 is 0 Å². The Morgan fingerprint density at radius 3 is 2.23 bits per heavy atom. The van der Waals surface area contributed by atoms with E-state index in [0.717, 1.165) is 12.8 Å². The van der Waals surface area contributed by atoms with Gasteiger partial charge in [-0.05, 0) is 43.2 Å². The second-order valence-electron chi connectivity index (χ2n) is 8.03. The summed E-state index contributed by atoms with van der Waals surface area (Å²) in [6.45, 7) is 1.13. The number of carbonyl (C=O) groups excluding carboxylic acids is 1. The summed E-state index contributed by atoms with van der Waals surface area (Å²) in [6, 6.07) is 8.70. The van der Waals surface area contributed by atoms with Gasteiger partial charge in [0.15, 0.2) is 23.0 Å². The molecule has 1 unspecified atom stereocenters. The predicted molar refractivity (Wildman–Crippen MR) is 127 cm³/mol. The van der Waals surface area contributed by atoms with Crippen LogP contribution in [0.4, 0.5) is 0 Å². The molecule has 0 radical (unpaired) electrons. The lowest BCUT2D eigenvalue weighted by Gasteiger charge is -2.31. The number of likely N-dealkylation sites (tertiary alicyclic amines) is 1. The Labute approximate surface area is 203 Å². The highest BCUT2D eigenvalue weighted by atomic mass is 16.5. The minimum absolute atomic E-state index is 0.0730. The SMILES string of the molecule is COc1ccc(C(=O)N2CCCC(c3nc(-c4cc(OC)c(OC)c(OC)c4)no3)C2)cc1OC. The third-order valence-corrected chi connectivity index (χ3v) is 6.05. The minimum atomic E-state index is -0.0833. The highest BCUT2D eigenvalue weighted by molar-refractivity contribution is 5.95. The molecule has 1 amide bonds. The standard InChI is InChI=1S/C25H29N3O7/c1-30-18-9-8-15(11-19(18)31-2)25(29)28-10-6-7-16(14-28)24-26-23(27-35-24)17-12-20(32-3)22(34-5)21(13-17)33-4/h8-9,11-13,16H,6-7,10,14H2,1-5H3. The molecule has 0 saturated carbocycles. The summed E-state index contributed by atoms with van der Waals surface area (Å²) in [4.78, 5) is 19.6. The maximum atomic E-state index is 13.2. The summed E-state index contributed by atoms with van der Waals surface area (Å²) in [5.74, 6) is 3.30. The number of hydrogen-bond donors (Lipinski definition) is 0. The van der Waals surface area contributed by atoms with Crippen LogP contribution in [0.25, 0.3) is 11.4 Å². The summed E-state index contributed by atoms with van der Waals surface area (Å²) < 4.78 is 32.5. The van der Waals surface area contributed by atoms with E-state index in [0.29, 0.717) is 64.7 Å². The van der Waals surface area contributed by atoms with Gasteiger partial charge < -0.3 is 33.1 Å². The molecule has 4 rings (SSSR count). The Bertz CT molecular complexity index is 1170. The maximum absolute atomic E-state index is 13.2. The van der Waals surface area contributed by atoms with E-state index in [1.165, 1.54) is 0 Å². The molecule has 1 aliphatic heterocycles. The molecule has 186 valence electrons. The first-order valence-electron chi connectivity index (χ1n) is 11.2. The molecule has 1 atom stereocenters. The number of amides is 1. The van der Waals surface area contributed by atoms with Crippen LogP contribution in [-0.2, 0) is 0 Å². The zero-order chi connectivity index (χ0) is 24.9. The summed E-state index contributed by atoms with van der Waals surface area (Å²) in [5, 5.41) is 4.17. The normalized spacial score (nSPS) is 15.5. The third-order valence-electron chi connectivity index (χ3n) is 6.05. The lowest BCUT2D eigenvalue weighted by atomic mass is 9.97. The molecular formula is C25H29N3O7. The Balaban J connectivity index is 1.54. The Morgan fingerprint density at radius 1 is 0.914 bits per heavy atom. The second kappa shape index (κ2) is 10.5. The number of piperidine rings is 1.